The van der Waals surface area contributed by atoms with Crippen LogP contribution in [0.5, 0.6) is 0 Å². The number of carboxylic acid groups (broad SMARTS) is 1. The number of rotatable bonds is 4. The first-order chi connectivity index (χ1) is 7.27. The Labute approximate surface area is 96.9 Å². The van der Waals surface area contributed by atoms with Crippen molar-refractivity contribution in [2.45, 2.75) is 19.0 Å². The Bertz CT molecular complexity index is 345. The Balaban J connectivity index is 1.92. The molecule has 1 unspecified atom stereocenters. The van der Waals surface area contributed by atoms with Crippen LogP contribution >= 0.6 is 23.1 Å². The van der Waals surface area contributed by atoms with Gasteiger partial charge in [-0.1, -0.05) is 0 Å². The van der Waals surface area contributed by atoms with E-state index in [1.54, 1.807) is 0 Å². The standard InChI is InChI=1S/C10H13NO2S2/c12-10(13)9-7(1-4-15-9)5-11-8-2-3-14-6-8/h1,4,8,11H,2-3,5-6H2,(H,12,13). The zero-order valence-corrected chi connectivity index (χ0v) is 9.87. The van der Waals surface area contributed by atoms with Gasteiger partial charge >= 0.3 is 5.97 Å². The number of hydrogen-bond donors (Lipinski definition) is 2. The maximum absolute atomic E-state index is 10.9. The zero-order valence-electron chi connectivity index (χ0n) is 8.23. The van der Waals surface area contributed by atoms with Gasteiger partial charge in [0.2, 0.25) is 0 Å². The van der Waals surface area contributed by atoms with E-state index in [0.717, 1.165) is 11.3 Å². The smallest absolute Gasteiger partial charge is 0.346 e. The van der Waals surface area contributed by atoms with Crippen LogP contribution in [0.2, 0.25) is 0 Å². The average Bonchev–Trinajstić information content (AvgIpc) is 2.86. The van der Waals surface area contributed by atoms with E-state index in [0.29, 0.717) is 17.5 Å². The van der Waals surface area contributed by atoms with Crippen LogP contribution in [0.4, 0.5) is 0 Å². The molecular formula is C10H13NO2S2. The lowest BCUT2D eigenvalue weighted by Gasteiger charge is -2.10. The van der Waals surface area contributed by atoms with E-state index in [1.807, 2.05) is 23.2 Å². The third-order valence-electron chi connectivity index (χ3n) is 2.45. The van der Waals surface area contributed by atoms with E-state index in [2.05, 4.69) is 5.32 Å². The highest BCUT2D eigenvalue weighted by Crippen LogP contribution is 2.20. The van der Waals surface area contributed by atoms with Crippen LogP contribution in [0.1, 0.15) is 21.7 Å². The Hall–Kier alpha value is -0.520. The van der Waals surface area contributed by atoms with Crippen molar-refractivity contribution < 1.29 is 9.90 Å². The van der Waals surface area contributed by atoms with E-state index >= 15 is 0 Å². The van der Waals surface area contributed by atoms with Crippen LogP contribution in [0, 0.1) is 0 Å². The van der Waals surface area contributed by atoms with E-state index in [1.165, 1.54) is 23.5 Å². The minimum Gasteiger partial charge on any atom is -0.477 e. The molecule has 0 aromatic carbocycles. The van der Waals surface area contributed by atoms with E-state index < -0.39 is 5.97 Å². The summed E-state index contributed by atoms with van der Waals surface area (Å²) in [5.74, 6) is 1.54. The SMILES string of the molecule is O=C(O)c1sccc1CNC1CCSC1. The van der Waals surface area contributed by atoms with Gasteiger partial charge in [0, 0.05) is 18.3 Å². The monoisotopic (exact) mass is 243 g/mol. The molecule has 3 nitrogen and oxygen atoms in total. The van der Waals surface area contributed by atoms with Gasteiger partial charge in [0.05, 0.1) is 0 Å². The molecule has 2 N–H and O–H groups in total. The van der Waals surface area contributed by atoms with Crippen LogP contribution in [0.25, 0.3) is 0 Å². The highest BCUT2D eigenvalue weighted by atomic mass is 32.2. The summed E-state index contributed by atoms with van der Waals surface area (Å²) in [5.41, 5.74) is 0.907. The summed E-state index contributed by atoms with van der Waals surface area (Å²) in [7, 11) is 0. The van der Waals surface area contributed by atoms with E-state index in [4.69, 9.17) is 5.11 Å². The number of hydrogen-bond acceptors (Lipinski definition) is 4. The Kier molecular flexibility index (Phi) is 3.66. The lowest BCUT2D eigenvalue weighted by Crippen LogP contribution is -2.28. The highest BCUT2D eigenvalue weighted by Gasteiger charge is 2.16. The number of nitrogens with one attached hydrogen (secondary N) is 1. The van der Waals surface area contributed by atoms with Crippen molar-refractivity contribution in [1.82, 2.24) is 5.32 Å². The molecule has 0 saturated carbocycles. The normalized spacial score (nSPS) is 20.7. The van der Waals surface area contributed by atoms with Gasteiger partial charge in [-0.2, -0.15) is 11.8 Å². The fourth-order valence-corrected chi connectivity index (χ4v) is 3.56. The Morgan fingerprint density at radius 1 is 1.67 bits per heavy atom. The van der Waals surface area contributed by atoms with E-state index in [-0.39, 0.29) is 0 Å². The predicted molar refractivity (Wildman–Crippen MR) is 63.8 cm³/mol. The van der Waals surface area contributed by atoms with Crippen LogP contribution in [-0.4, -0.2) is 28.6 Å². The average molecular weight is 243 g/mol. The Morgan fingerprint density at radius 3 is 3.20 bits per heavy atom. The van der Waals surface area contributed by atoms with Gasteiger partial charge in [-0.05, 0) is 29.2 Å². The number of thioether (sulfide) groups is 1. The summed E-state index contributed by atoms with van der Waals surface area (Å²) in [6.45, 7) is 0.677. The maximum Gasteiger partial charge on any atom is 0.346 e. The third kappa shape index (κ3) is 2.74. The van der Waals surface area contributed by atoms with Gasteiger partial charge in [0.15, 0.2) is 0 Å². The molecule has 1 atom stereocenters. The second kappa shape index (κ2) is 5.01. The van der Waals surface area contributed by atoms with Gasteiger partial charge in [0.1, 0.15) is 4.88 Å². The summed E-state index contributed by atoms with van der Waals surface area (Å²) in [6, 6.07) is 2.44. The van der Waals surface area contributed by atoms with Crippen molar-refractivity contribution in [3.63, 3.8) is 0 Å². The molecule has 82 valence electrons. The summed E-state index contributed by atoms with van der Waals surface area (Å²) in [4.78, 5) is 11.3. The lowest BCUT2D eigenvalue weighted by molar-refractivity contribution is 0.0701. The number of carboxylic acids is 1. The molecule has 0 bridgehead atoms. The Morgan fingerprint density at radius 2 is 2.53 bits per heavy atom. The van der Waals surface area contributed by atoms with Gasteiger partial charge in [-0.15, -0.1) is 11.3 Å². The van der Waals surface area contributed by atoms with Crippen molar-refractivity contribution in [2.24, 2.45) is 0 Å². The fraction of sp³-hybridized carbons (Fsp3) is 0.500. The number of thiophene rings is 1. The molecule has 0 aliphatic carbocycles. The summed E-state index contributed by atoms with van der Waals surface area (Å²) >= 11 is 3.25. The van der Waals surface area contributed by atoms with Crippen LogP contribution < -0.4 is 5.32 Å². The van der Waals surface area contributed by atoms with Crippen molar-refractivity contribution in [1.29, 1.82) is 0 Å². The predicted octanol–water partition coefficient (Wildman–Crippen LogP) is 2.04. The molecule has 0 amide bonds. The maximum atomic E-state index is 10.9. The van der Waals surface area contributed by atoms with Crippen LogP contribution in [0.3, 0.4) is 0 Å². The first-order valence-corrected chi connectivity index (χ1v) is 6.91. The summed E-state index contributed by atoms with van der Waals surface area (Å²) < 4.78 is 0. The molecule has 1 fully saturated rings. The van der Waals surface area contributed by atoms with Crippen molar-refractivity contribution in [3.8, 4) is 0 Å². The third-order valence-corrected chi connectivity index (χ3v) is 4.56. The summed E-state index contributed by atoms with van der Waals surface area (Å²) in [6.07, 6.45) is 1.19. The second-order valence-corrected chi connectivity index (χ2v) is 5.59. The van der Waals surface area contributed by atoms with Crippen molar-refractivity contribution >= 4 is 29.1 Å². The summed E-state index contributed by atoms with van der Waals surface area (Å²) in [5, 5.41) is 14.2. The minimum absolute atomic E-state index is 0.466. The van der Waals surface area contributed by atoms with Crippen LogP contribution in [-0.2, 0) is 6.54 Å². The van der Waals surface area contributed by atoms with Gasteiger partial charge in [-0.3, -0.25) is 0 Å². The minimum atomic E-state index is -0.817. The second-order valence-electron chi connectivity index (χ2n) is 3.52. The molecule has 5 heteroatoms. The van der Waals surface area contributed by atoms with Gasteiger partial charge in [0.25, 0.3) is 0 Å². The molecule has 1 aromatic heterocycles. The molecule has 1 aliphatic heterocycles. The number of aromatic carboxylic acids is 1. The quantitative estimate of drug-likeness (QED) is 0.849. The van der Waals surface area contributed by atoms with Crippen molar-refractivity contribution in [2.75, 3.05) is 11.5 Å². The first kappa shape index (κ1) is 11.0. The molecule has 1 saturated heterocycles. The zero-order chi connectivity index (χ0) is 10.7. The topological polar surface area (TPSA) is 49.3 Å². The fourth-order valence-electron chi connectivity index (χ4n) is 1.61. The highest BCUT2D eigenvalue weighted by molar-refractivity contribution is 7.99. The molecule has 1 aromatic rings. The van der Waals surface area contributed by atoms with Crippen LogP contribution in [0.15, 0.2) is 11.4 Å². The van der Waals surface area contributed by atoms with Crippen molar-refractivity contribution in [3.05, 3.63) is 21.9 Å². The van der Waals surface area contributed by atoms with Gasteiger partial charge in [-0.25, -0.2) is 4.79 Å². The lowest BCUT2D eigenvalue weighted by atomic mass is 10.2. The first-order valence-electron chi connectivity index (χ1n) is 4.88. The largest absolute Gasteiger partial charge is 0.477 e. The van der Waals surface area contributed by atoms with E-state index in [9.17, 15) is 4.79 Å². The molecule has 2 heterocycles. The number of carbonyl (C=O) groups is 1. The molecular weight excluding hydrogens is 230 g/mol. The molecule has 1 aliphatic rings. The molecule has 0 spiro atoms. The molecule has 15 heavy (non-hydrogen) atoms. The molecule has 0 radical (unpaired) electrons. The van der Waals surface area contributed by atoms with Gasteiger partial charge < -0.3 is 10.4 Å². The molecule has 2 rings (SSSR count).